The second kappa shape index (κ2) is 8.14. The van der Waals surface area contributed by atoms with Crippen molar-refractivity contribution in [3.05, 3.63) is 24.3 Å². The zero-order valence-electron chi connectivity index (χ0n) is 12.6. The van der Waals surface area contributed by atoms with E-state index in [0.717, 1.165) is 0 Å². The summed E-state index contributed by atoms with van der Waals surface area (Å²) in [6, 6.07) is 6.15. The Hall–Kier alpha value is -2.24. The van der Waals surface area contributed by atoms with E-state index in [-0.39, 0.29) is 23.5 Å². The summed E-state index contributed by atoms with van der Waals surface area (Å²) in [5.74, 6) is 0.265. The number of carbonyl (C=O) groups is 2. The maximum atomic E-state index is 11.8. The highest BCUT2D eigenvalue weighted by atomic mass is 16.5. The topological polar surface area (TPSA) is 87.7 Å². The van der Waals surface area contributed by atoms with Gasteiger partial charge in [-0.25, -0.2) is 0 Å². The van der Waals surface area contributed by atoms with Crippen molar-refractivity contribution in [1.82, 2.24) is 10.6 Å². The number of hydrogen-bond donors (Lipinski definition) is 3. The molecule has 0 bridgehead atoms. The van der Waals surface area contributed by atoms with Crippen LogP contribution in [0.3, 0.4) is 0 Å². The van der Waals surface area contributed by atoms with Crippen molar-refractivity contribution in [2.75, 3.05) is 13.1 Å². The van der Waals surface area contributed by atoms with Crippen molar-refractivity contribution in [3.63, 3.8) is 0 Å². The quantitative estimate of drug-likeness (QED) is 0.656. The molecular weight excluding hydrogens is 272 g/mol. The lowest BCUT2D eigenvalue weighted by Crippen LogP contribution is -2.41. The van der Waals surface area contributed by atoms with Gasteiger partial charge in [0.1, 0.15) is 11.5 Å². The van der Waals surface area contributed by atoms with Crippen LogP contribution in [0.15, 0.2) is 24.3 Å². The number of benzene rings is 1. The molecule has 0 radical (unpaired) electrons. The van der Waals surface area contributed by atoms with Gasteiger partial charge in [0.25, 0.3) is 5.91 Å². The Balaban J connectivity index is 2.28. The van der Waals surface area contributed by atoms with Crippen LogP contribution in [-0.4, -0.2) is 36.1 Å². The van der Waals surface area contributed by atoms with Crippen LogP contribution in [0.1, 0.15) is 20.8 Å². The van der Waals surface area contributed by atoms with E-state index in [4.69, 9.17) is 9.84 Å². The molecule has 0 aliphatic rings. The van der Waals surface area contributed by atoms with E-state index in [1.807, 2.05) is 13.8 Å². The first-order valence-electron chi connectivity index (χ1n) is 6.91. The molecule has 0 aromatic heterocycles. The first-order chi connectivity index (χ1) is 9.90. The summed E-state index contributed by atoms with van der Waals surface area (Å²) >= 11 is 0. The predicted molar refractivity (Wildman–Crippen MR) is 79.1 cm³/mol. The molecule has 0 heterocycles. The van der Waals surface area contributed by atoms with Gasteiger partial charge in [-0.15, -0.1) is 0 Å². The zero-order chi connectivity index (χ0) is 15.8. The minimum absolute atomic E-state index is 0.0439. The van der Waals surface area contributed by atoms with Crippen molar-refractivity contribution in [2.24, 2.45) is 5.92 Å². The summed E-state index contributed by atoms with van der Waals surface area (Å²) < 4.78 is 5.44. The van der Waals surface area contributed by atoms with Crippen LogP contribution in [-0.2, 0) is 9.59 Å². The van der Waals surface area contributed by atoms with Crippen LogP contribution >= 0.6 is 0 Å². The first-order valence-corrected chi connectivity index (χ1v) is 6.91. The summed E-state index contributed by atoms with van der Waals surface area (Å²) in [6.07, 6.45) is -0.657. The molecule has 1 aromatic rings. The van der Waals surface area contributed by atoms with Gasteiger partial charge < -0.3 is 20.5 Å². The highest BCUT2D eigenvalue weighted by Crippen LogP contribution is 2.17. The molecule has 1 atom stereocenters. The molecule has 0 aliphatic heterocycles. The Kier molecular flexibility index (Phi) is 6.52. The summed E-state index contributed by atoms with van der Waals surface area (Å²) in [4.78, 5) is 23.1. The number of phenols is 1. The Labute approximate surface area is 124 Å². The lowest BCUT2D eigenvalue weighted by Gasteiger charge is -2.15. The SMILES string of the molecule is CC(C)C(=O)NCCNC(=O)C(C)Oc1ccc(O)cc1. The van der Waals surface area contributed by atoms with E-state index in [1.165, 1.54) is 12.1 Å². The number of ether oxygens (including phenoxy) is 1. The van der Waals surface area contributed by atoms with Crippen LogP contribution in [0, 0.1) is 5.92 Å². The molecule has 0 fully saturated rings. The standard InChI is InChI=1S/C15H22N2O4/c1-10(2)14(19)16-8-9-17-15(20)11(3)21-13-6-4-12(18)5-7-13/h4-7,10-11,18H,8-9H2,1-3H3,(H,16,19)(H,17,20). The third kappa shape index (κ3) is 6.16. The second-order valence-electron chi connectivity index (χ2n) is 4.99. The van der Waals surface area contributed by atoms with Crippen LogP contribution in [0.2, 0.25) is 0 Å². The van der Waals surface area contributed by atoms with Crippen molar-refractivity contribution in [2.45, 2.75) is 26.9 Å². The van der Waals surface area contributed by atoms with Gasteiger partial charge in [0.15, 0.2) is 6.10 Å². The summed E-state index contributed by atoms with van der Waals surface area (Å²) in [7, 11) is 0. The Morgan fingerprint density at radius 1 is 1.05 bits per heavy atom. The van der Waals surface area contributed by atoms with E-state index < -0.39 is 6.10 Å². The number of carbonyl (C=O) groups excluding carboxylic acids is 2. The Morgan fingerprint density at radius 2 is 1.57 bits per heavy atom. The maximum Gasteiger partial charge on any atom is 0.260 e. The van der Waals surface area contributed by atoms with Gasteiger partial charge in [-0.2, -0.15) is 0 Å². The Morgan fingerprint density at radius 3 is 2.10 bits per heavy atom. The zero-order valence-corrected chi connectivity index (χ0v) is 12.6. The van der Waals surface area contributed by atoms with Crippen molar-refractivity contribution < 1.29 is 19.4 Å². The van der Waals surface area contributed by atoms with E-state index in [9.17, 15) is 9.59 Å². The highest BCUT2D eigenvalue weighted by molar-refractivity contribution is 5.81. The van der Waals surface area contributed by atoms with Crippen LogP contribution in [0.25, 0.3) is 0 Å². The van der Waals surface area contributed by atoms with Gasteiger partial charge in [-0.1, -0.05) is 13.8 Å². The molecule has 116 valence electrons. The minimum atomic E-state index is -0.657. The lowest BCUT2D eigenvalue weighted by atomic mass is 10.2. The van der Waals surface area contributed by atoms with Gasteiger partial charge in [0.2, 0.25) is 5.91 Å². The number of nitrogens with one attached hydrogen (secondary N) is 2. The van der Waals surface area contributed by atoms with Gasteiger partial charge in [0, 0.05) is 19.0 Å². The molecule has 0 saturated heterocycles. The van der Waals surface area contributed by atoms with Gasteiger partial charge in [0.05, 0.1) is 0 Å². The summed E-state index contributed by atoms with van der Waals surface area (Å²) in [5, 5.41) is 14.5. The predicted octanol–water partition coefficient (Wildman–Crippen LogP) is 1.05. The summed E-state index contributed by atoms with van der Waals surface area (Å²) in [5.41, 5.74) is 0. The number of phenolic OH excluding ortho intramolecular Hbond substituents is 1. The number of aromatic hydroxyl groups is 1. The molecular formula is C15H22N2O4. The number of amides is 2. The fraction of sp³-hybridized carbons (Fsp3) is 0.467. The molecule has 3 N–H and O–H groups in total. The third-order valence-corrected chi connectivity index (χ3v) is 2.77. The smallest absolute Gasteiger partial charge is 0.260 e. The average molecular weight is 294 g/mol. The van der Waals surface area contributed by atoms with Crippen LogP contribution in [0.4, 0.5) is 0 Å². The normalized spacial score (nSPS) is 11.8. The van der Waals surface area contributed by atoms with Crippen molar-refractivity contribution >= 4 is 11.8 Å². The Bertz CT molecular complexity index is 471. The fourth-order valence-corrected chi connectivity index (χ4v) is 1.50. The molecule has 1 unspecified atom stereocenters. The lowest BCUT2D eigenvalue weighted by molar-refractivity contribution is -0.128. The van der Waals surface area contributed by atoms with Crippen molar-refractivity contribution in [3.8, 4) is 11.5 Å². The minimum Gasteiger partial charge on any atom is -0.508 e. The van der Waals surface area contributed by atoms with Crippen molar-refractivity contribution in [1.29, 1.82) is 0 Å². The molecule has 1 rings (SSSR count). The molecule has 2 amide bonds. The monoisotopic (exact) mass is 294 g/mol. The molecule has 0 saturated carbocycles. The average Bonchev–Trinajstić information content (AvgIpc) is 2.45. The molecule has 1 aromatic carbocycles. The van der Waals surface area contributed by atoms with Gasteiger partial charge in [-0.05, 0) is 31.2 Å². The third-order valence-electron chi connectivity index (χ3n) is 2.77. The maximum absolute atomic E-state index is 11.8. The highest BCUT2D eigenvalue weighted by Gasteiger charge is 2.14. The molecule has 0 aliphatic carbocycles. The van der Waals surface area contributed by atoms with Crippen LogP contribution in [0.5, 0.6) is 11.5 Å². The van der Waals surface area contributed by atoms with Gasteiger partial charge >= 0.3 is 0 Å². The molecule has 6 heteroatoms. The fourth-order valence-electron chi connectivity index (χ4n) is 1.50. The first kappa shape index (κ1) is 16.8. The molecule has 0 spiro atoms. The van der Waals surface area contributed by atoms with E-state index in [1.54, 1.807) is 19.1 Å². The van der Waals surface area contributed by atoms with E-state index in [2.05, 4.69) is 10.6 Å². The molecule has 6 nitrogen and oxygen atoms in total. The van der Waals surface area contributed by atoms with Gasteiger partial charge in [-0.3, -0.25) is 9.59 Å². The second-order valence-corrected chi connectivity index (χ2v) is 4.99. The van der Waals surface area contributed by atoms with E-state index in [0.29, 0.717) is 18.8 Å². The molecule has 21 heavy (non-hydrogen) atoms. The number of hydrogen-bond acceptors (Lipinski definition) is 4. The summed E-state index contributed by atoms with van der Waals surface area (Å²) in [6.45, 7) is 5.98. The number of rotatable bonds is 7. The van der Waals surface area contributed by atoms with E-state index >= 15 is 0 Å². The largest absolute Gasteiger partial charge is 0.508 e. The van der Waals surface area contributed by atoms with Crippen LogP contribution < -0.4 is 15.4 Å².